The monoisotopic (exact) mass is 319 g/mol. The molecule has 3 rings (SSSR count). The minimum absolute atomic E-state index is 0.0844. The first-order chi connectivity index (χ1) is 11.1. The van der Waals surface area contributed by atoms with Crippen LogP contribution in [0.2, 0.25) is 0 Å². The van der Waals surface area contributed by atoms with E-state index in [1.807, 2.05) is 0 Å². The molecule has 0 spiro atoms. The molecular weight excluding hydrogens is 304 g/mol. The Kier molecular flexibility index (Phi) is 3.77. The molecule has 0 saturated carbocycles. The van der Waals surface area contributed by atoms with Crippen LogP contribution in [0.1, 0.15) is 0 Å². The van der Waals surface area contributed by atoms with E-state index in [0.717, 1.165) is 5.39 Å². The molecule has 5 nitrogen and oxygen atoms in total. The summed E-state index contributed by atoms with van der Waals surface area (Å²) in [7, 11) is 4.38. The number of halogens is 2. The van der Waals surface area contributed by atoms with Crippen LogP contribution in [0.5, 0.6) is 11.5 Å². The molecule has 2 N–H and O–H groups in total. The van der Waals surface area contributed by atoms with Crippen LogP contribution in [0.25, 0.3) is 22.0 Å². The van der Waals surface area contributed by atoms with Crippen LogP contribution in [0.15, 0.2) is 24.3 Å². The van der Waals surface area contributed by atoms with Crippen molar-refractivity contribution in [2.75, 3.05) is 26.6 Å². The Hall–Kier alpha value is -2.83. The zero-order chi connectivity index (χ0) is 16.6. The Morgan fingerprint density at radius 3 is 2.26 bits per heavy atom. The Bertz CT molecular complexity index is 849. The number of fused-ring (bicyclic) bond motifs is 1. The van der Waals surface area contributed by atoms with Crippen LogP contribution < -0.4 is 14.8 Å². The molecule has 0 radical (unpaired) electrons. The van der Waals surface area contributed by atoms with Gasteiger partial charge in [0.2, 0.25) is 0 Å². The van der Waals surface area contributed by atoms with Crippen LogP contribution in [-0.4, -0.2) is 31.5 Å². The highest BCUT2D eigenvalue weighted by atomic mass is 19.1. The van der Waals surface area contributed by atoms with E-state index < -0.39 is 11.6 Å². The van der Waals surface area contributed by atoms with Gasteiger partial charge in [-0.15, -0.1) is 0 Å². The van der Waals surface area contributed by atoms with E-state index in [1.54, 1.807) is 25.2 Å². The number of aromatic amines is 1. The van der Waals surface area contributed by atoms with Crippen molar-refractivity contribution in [3.05, 3.63) is 35.9 Å². The quantitative estimate of drug-likeness (QED) is 0.772. The van der Waals surface area contributed by atoms with Gasteiger partial charge in [0, 0.05) is 18.5 Å². The Labute approximate surface area is 131 Å². The molecule has 0 fully saturated rings. The third kappa shape index (κ3) is 2.34. The molecule has 0 aliphatic rings. The smallest absolute Gasteiger partial charge is 0.176 e. The summed E-state index contributed by atoms with van der Waals surface area (Å²) < 4.78 is 39.0. The Morgan fingerprint density at radius 2 is 1.70 bits per heavy atom. The van der Waals surface area contributed by atoms with Crippen molar-refractivity contribution in [3.8, 4) is 22.6 Å². The van der Waals surface area contributed by atoms with Gasteiger partial charge in [0.1, 0.15) is 0 Å². The highest BCUT2D eigenvalue weighted by molar-refractivity contribution is 5.92. The maximum Gasteiger partial charge on any atom is 0.176 e. The van der Waals surface area contributed by atoms with Gasteiger partial charge in [0.15, 0.2) is 29.0 Å². The van der Waals surface area contributed by atoms with E-state index >= 15 is 0 Å². The first kappa shape index (κ1) is 15.1. The summed E-state index contributed by atoms with van der Waals surface area (Å²) in [6.45, 7) is 0. The lowest BCUT2D eigenvalue weighted by Crippen LogP contribution is -1.99. The number of anilines is 1. The lowest BCUT2D eigenvalue weighted by atomic mass is 10.0. The molecule has 0 aliphatic carbocycles. The highest BCUT2D eigenvalue weighted by Crippen LogP contribution is 2.38. The van der Waals surface area contributed by atoms with Gasteiger partial charge >= 0.3 is 0 Å². The summed E-state index contributed by atoms with van der Waals surface area (Å²) in [5.74, 6) is -1.06. The van der Waals surface area contributed by atoms with Crippen molar-refractivity contribution in [2.45, 2.75) is 0 Å². The first-order valence-corrected chi connectivity index (χ1v) is 6.87. The fourth-order valence-corrected chi connectivity index (χ4v) is 2.50. The standard InChI is InChI=1S/C16H15F2N3O2/c1-19-16-9-5-4-8(6-10(9)20-21-16)13-14(17)11(22-2)7-12(23-3)15(13)18/h4-7H,1-3H3,(H2,19,20,21). The number of rotatable bonds is 4. The van der Waals surface area contributed by atoms with Gasteiger partial charge in [0.25, 0.3) is 0 Å². The van der Waals surface area contributed by atoms with Crippen LogP contribution in [-0.2, 0) is 0 Å². The Balaban J connectivity index is 2.25. The third-order valence-electron chi connectivity index (χ3n) is 3.66. The predicted octanol–water partition coefficient (Wildman–Crippen LogP) is 3.57. The molecule has 0 unspecified atom stereocenters. The number of ether oxygens (including phenoxy) is 2. The van der Waals surface area contributed by atoms with Crippen LogP contribution in [0, 0.1) is 11.6 Å². The molecule has 23 heavy (non-hydrogen) atoms. The fraction of sp³-hybridized carbons (Fsp3) is 0.188. The van der Waals surface area contributed by atoms with Crippen LogP contribution in [0.4, 0.5) is 14.6 Å². The third-order valence-corrected chi connectivity index (χ3v) is 3.66. The molecule has 0 saturated heterocycles. The number of nitrogens with zero attached hydrogens (tertiary/aromatic N) is 1. The van der Waals surface area contributed by atoms with Gasteiger partial charge in [-0.3, -0.25) is 5.10 Å². The fourth-order valence-electron chi connectivity index (χ4n) is 2.50. The van der Waals surface area contributed by atoms with Gasteiger partial charge in [0.05, 0.1) is 25.3 Å². The van der Waals surface area contributed by atoms with Gasteiger partial charge < -0.3 is 14.8 Å². The average molecular weight is 319 g/mol. The molecule has 1 aromatic heterocycles. The number of hydrogen-bond donors (Lipinski definition) is 2. The van der Waals surface area contributed by atoms with E-state index in [0.29, 0.717) is 16.9 Å². The highest BCUT2D eigenvalue weighted by Gasteiger charge is 2.22. The van der Waals surface area contributed by atoms with Crippen molar-refractivity contribution in [1.29, 1.82) is 0 Å². The summed E-state index contributed by atoms with van der Waals surface area (Å²) in [5, 5.41) is 10.7. The molecule has 7 heteroatoms. The van der Waals surface area contributed by atoms with Crippen molar-refractivity contribution < 1.29 is 18.3 Å². The van der Waals surface area contributed by atoms with E-state index in [9.17, 15) is 8.78 Å². The number of methoxy groups -OCH3 is 2. The number of nitrogens with one attached hydrogen (secondary N) is 2. The number of H-pyrrole nitrogens is 1. The molecule has 0 atom stereocenters. The zero-order valence-corrected chi connectivity index (χ0v) is 12.8. The molecule has 0 aliphatic heterocycles. The lowest BCUT2D eigenvalue weighted by molar-refractivity contribution is 0.360. The Morgan fingerprint density at radius 1 is 1.04 bits per heavy atom. The second-order valence-corrected chi connectivity index (χ2v) is 4.87. The normalized spacial score (nSPS) is 10.8. The number of hydrogen-bond acceptors (Lipinski definition) is 4. The van der Waals surface area contributed by atoms with E-state index in [4.69, 9.17) is 9.47 Å². The van der Waals surface area contributed by atoms with E-state index in [1.165, 1.54) is 20.3 Å². The van der Waals surface area contributed by atoms with Crippen LogP contribution >= 0.6 is 0 Å². The van der Waals surface area contributed by atoms with E-state index in [-0.39, 0.29) is 17.1 Å². The number of benzene rings is 2. The summed E-state index contributed by atoms with van der Waals surface area (Å²) in [6, 6.07) is 6.18. The van der Waals surface area contributed by atoms with Gasteiger partial charge in [-0.1, -0.05) is 6.07 Å². The minimum atomic E-state index is -0.779. The molecule has 0 bridgehead atoms. The summed E-state index contributed by atoms with van der Waals surface area (Å²) in [6.07, 6.45) is 0. The summed E-state index contributed by atoms with van der Waals surface area (Å²) >= 11 is 0. The van der Waals surface area contributed by atoms with Crippen molar-refractivity contribution >= 4 is 16.7 Å². The van der Waals surface area contributed by atoms with Gasteiger partial charge in [-0.2, -0.15) is 5.10 Å². The first-order valence-electron chi connectivity index (χ1n) is 6.87. The second kappa shape index (κ2) is 5.75. The predicted molar refractivity (Wildman–Crippen MR) is 84.1 cm³/mol. The molecule has 2 aromatic carbocycles. The minimum Gasteiger partial charge on any atom is -0.494 e. The molecule has 1 heterocycles. The average Bonchev–Trinajstić information content (AvgIpc) is 2.97. The molecular formula is C16H15F2N3O2. The van der Waals surface area contributed by atoms with Gasteiger partial charge in [-0.25, -0.2) is 8.78 Å². The SMILES string of the molecule is CNc1n[nH]c2cc(-c3c(F)c(OC)cc(OC)c3F)ccc12. The van der Waals surface area contributed by atoms with Gasteiger partial charge in [-0.05, 0) is 17.7 Å². The maximum absolute atomic E-state index is 14.5. The van der Waals surface area contributed by atoms with Crippen molar-refractivity contribution in [3.63, 3.8) is 0 Å². The number of aromatic nitrogens is 2. The maximum atomic E-state index is 14.5. The van der Waals surface area contributed by atoms with Crippen molar-refractivity contribution in [1.82, 2.24) is 10.2 Å². The second-order valence-electron chi connectivity index (χ2n) is 4.87. The summed E-state index contributed by atoms with van der Waals surface area (Å²) in [5.41, 5.74) is 0.812. The lowest BCUT2D eigenvalue weighted by Gasteiger charge is -2.12. The zero-order valence-electron chi connectivity index (χ0n) is 12.8. The van der Waals surface area contributed by atoms with Crippen LogP contribution in [0.3, 0.4) is 0 Å². The largest absolute Gasteiger partial charge is 0.494 e. The molecule has 0 amide bonds. The molecule has 3 aromatic rings. The topological polar surface area (TPSA) is 59.2 Å². The molecule has 120 valence electrons. The summed E-state index contributed by atoms with van der Waals surface area (Å²) in [4.78, 5) is 0. The van der Waals surface area contributed by atoms with Crippen molar-refractivity contribution in [2.24, 2.45) is 0 Å². The van der Waals surface area contributed by atoms with E-state index in [2.05, 4.69) is 15.5 Å².